The molecule has 0 bridgehead atoms. The molecule has 1 aromatic carbocycles. The van der Waals surface area contributed by atoms with Crippen LogP contribution in [0.15, 0.2) is 48.8 Å². The summed E-state index contributed by atoms with van der Waals surface area (Å²) in [6.45, 7) is 6.12. The van der Waals surface area contributed by atoms with Crippen molar-refractivity contribution in [2.24, 2.45) is 0 Å². The molecule has 0 saturated carbocycles. The lowest BCUT2D eigenvalue weighted by atomic mass is 10.0. The monoisotopic (exact) mass is 265 g/mol. The Morgan fingerprint density at radius 2 is 2.10 bits per heavy atom. The summed E-state index contributed by atoms with van der Waals surface area (Å²) in [4.78, 5) is 4.37. The van der Waals surface area contributed by atoms with Gasteiger partial charge in [-0.1, -0.05) is 30.7 Å². The Morgan fingerprint density at radius 1 is 1.20 bits per heavy atom. The summed E-state index contributed by atoms with van der Waals surface area (Å²) < 4.78 is 2.14. The second kappa shape index (κ2) is 5.47. The first kappa shape index (κ1) is 12.9. The minimum Gasteiger partial charge on any atom is -0.313 e. The minimum absolute atomic E-state index is 0.886. The largest absolute Gasteiger partial charge is 0.313 e. The highest BCUT2D eigenvalue weighted by Crippen LogP contribution is 2.25. The maximum atomic E-state index is 4.37. The summed E-state index contributed by atoms with van der Waals surface area (Å²) in [5, 5.41) is 3.41. The molecule has 3 heteroatoms. The summed E-state index contributed by atoms with van der Waals surface area (Å²) in [7, 11) is 0. The van der Waals surface area contributed by atoms with Gasteiger partial charge in [-0.15, -0.1) is 0 Å². The molecule has 0 aliphatic heterocycles. The number of aryl methyl sites for hydroxylation is 1. The number of imidazole rings is 1. The molecule has 3 nitrogen and oxygen atoms in total. The maximum Gasteiger partial charge on any atom is 0.137 e. The van der Waals surface area contributed by atoms with E-state index in [4.69, 9.17) is 0 Å². The third-order valence-electron chi connectivity index (χ3n) is 3.54. The molecule has 2 heterocycles. The zero-order valence-corrected chi connectivity index (χ0v) is 11.9. The van der Waals surface area contributed by atoms with Gasteiger partial charge in [0.1, 0.15) is 5.65 Å². The molecule has 0 aliphatic rings. The predicted molar refractivity (Wildman–Crippen MR) is 82.7 cm³/mol. The highest BCUT2D eigenvalue weighted by Gasteiger charge is 2.09. The molecule has 2 aromatic heterocycles. The fourth-order valence-electron chi connectivity index (χ4n) is 2.51. The fraction of sp³-hybridized carbons (Fsp3) is 0.235. The molecular formula is C17H19N3. The van der Waals surface area contributed by atoms with Crippen LogP contribution >= 0.6 is 0 Å². The Hall–Kier alpha value is -2.13. The van der Waals surface area contributed by atoms with E-state index in [0.29, 0.717) is 0 Å². The van der Waals surface area contributed by atoms with Crippen LogP contribution in [0, 0.1) is 6.92 Å². The van der Waals surface area contributed by atoms with Crippen molar-refractivity contribution < 1.29 is 0 Å². The van der Waals surface area contributed by atoms with Gasteiger partial charge in [0.05, 0.1) is 5.69 Å². The van der Waals surface area contributed by atoms with Crippen LogP contribution in [-0.2, 0) is 6.54 Å². The van der Waals surface area contributed by atoms with Gasteiger partial charge in [-0.05, 0) is 37.2 Å². The van der Waals surface area contributed by atoms with Gasteiger partial charge in [-0.2, -0.15) is 0 Å². The predicted octanol–water partition coefficient (Wildman–Crippen LogP) is 3.42. The van der Waals surface area contributed by atoms with Crippen molar-refractivity contribution in [2.45, 2.75) is 20.4 Å². The topological polar surface area (TPSA) is 29.3 Å². The number of pyridine rings is 1. The second-order valence-electron chi connectivity index (χ2n) is 5.01. The number of hydrogen-bond donors (Lipinski definition) is 1. The van der Waals surface area contributed by atoms with Gasteiger partial charge in [0.2, 0.25) is 0 Å². The van der Waals surface area contributed by atoms with Crippen molar-refractivity contribution in [2.75, 3.05) is 6.54 Å². The molecule has 0 radical (unpaired) electrons. The highest BCUT2D eigenvalue weighted by molar-refractivity contribution is 5.68. The van der Waals surface area contributed by atoms with E-state index in [2.05, 4.69) is 58.9 Å². The van der Waals surface area contributed by atoms with E-state index in [-0.39, 0.29) is 0 Å². The zero-order chi connectivity index (χ0) is 13.9. The van der Waals surface area contributed by atoms with E-state index in [1.165, 1.54) is 22.4 Å². The van der Waals surface area contributed by atoms with Crippen LogP contribution in [-0.4, -0.2) is 15.9 Å². The zero-order valence-electron chi connectivity index (χ0n) is 11.9. The first-order chi connectivity index (χ1) is 9.79. The van der Waals surface area contributed by atoms with Gasteiger partial charge in [-0.3, -0.25) is 4.40 Å². The van der Waals surface area contributed by atoms with Crippen LogP contribution in [0.3, 0.4) is 0 Å². The summed E-state index contributed by atoms with van der Waals surface area (Å²) in [5.74, 6) is 0. The van der Waals surface area contributed by atoms with E-state index < -0.39 is 0 Å². The highest BCUT2D eigenvalue weighted by atomic mass is 15.0. The Kier molecular flexibility index (Phi) is 3.52. The van der Waals surface area contributed by atoms with Crippen LogP contribution in [0.1, 0.15) is 18.1 Å². The molecule has 0 atom stereocenters. The van der Waals surface area contributed by atoms with Gasteiger partial charge in [-0.25, -0.2) is 4.98 Å². The molecule has 0 unspecified atom stereocenters. The fourth-order valence-corrected chi connectivity index (χ4v) is 2.51. The number of hydrogen-bond acceptors (Lipinski definition) is 2. The minimum atomic E-state index is 0.886. The van der Waals surface area contributed by atoms with E-state index in [9.17, 15) is 0 Å². The van der Waals surface area contributed by atoms with Crippen LogP contribution in [0.4, 0.5) is 0 Å². The smallest absolute Gasteiger partial charge is 0.137 e. The summed E-state index contributed by atoms with van der Waals surface area (Å²) in [6.07, 6.45) is 3.86. The van der Waals surface area contributed by atoms with E-state index in [1.54, 1.807) is 0 Å². The number of nitrogens with zero attached hydrogens (tertiary/aromatic N) is 2. The summed E-state index contributed by atoms with van der Waals surface area (Å²) in [5.41, 5.74) is 6.04. The van der Waals surface area contributed by atoms with Crippen molar-refractivity contribution >= 4 is 5.65 Å². The lowest BCUT2D eigenvalue weighted by Crippen LogP contribution is -2.13. The normalized spacial score (nSPS) is 11.1. The van der Waals surface area contributed by atoms with Crippen molar-refractivity contribution in [3.05, 3.63) is 59.9 Å². The van der Waals surface area contributed by atoms with Crippen molar-refractivity contribution in [3.8, 4) is 11.3 Å². The molecule has 0 amide bonds. The van der Waals surface area contributed by atoms with Crippen LogP contribution < -0.4 is 5.32 Å². The molecule has 1 N–H and O–H groups in total. The van der Waals surface area contributed by atoms with Crippen LogP contribution in [0.5, 0.6) is 0 Å². The van der Waals surface area contributed by atoms with E-state index >= 15 is 0 Å². The number of aromatic nitrogens is 2. The number of benzene rings is 1. The average Bonchev–Trinajstić information content (AvgIpc) is 2.94. The quantitative estimate of drug-likeness (QED) is 0.783. The average molecular weight is 265 g/mol. The number of rotatable bonds is 4. The molecule has 3 aromatic rings. The molecule has 20 heavy (non-hydrogen) atoms. The van der Waals surface area contributed by atoms with Gasteiger partial charge in [0, 0.05) is 24.5 Å². The first-order valence-electron chi connectivity index (χ1n) is 7.02. The number of fused-ring (bicyclic) bond motifs is 1. The second-order valence-corrected chi connectivity index (χ2v) is 5.01. The van der Waals surface area contributed by atoms with E-state index in [1.807, 2.05) is 18.5 Å². The molecule has 0 spiro atoms. The van der Waals surface area contributed by atoms with Gasteiger partial charge in [0.25, 0.3) is 0 Å². The molecule has 0 aliphatic carbocycles. The Labute approximate surface area is 119 Å². The number of nitrogens with one attached hydrogen (secondary N) is 1. The molecule has 0 saturated heterocycles. The Balaban J connectivity index is 2.17. The van der Waals surface area contributed by atoms with Crippen LogP contribution in [0.2, 0.25) is 0 Å². The third kappa shape index (κ3) is 2.32. The summed E-state index contributed by atoms with van der Waals surface area (Å²) >= 11 is 0. The molecule has 3 rings (SSSR count). The SMILES string of the molecule is CCNCc1ccc(C)cc1-c1cccc2nccn12. The van der Waals surface area contributed by atoms with Crippen molar-refractivity contribution in [1.29, 1.82) is 0 Å². The Morgan fingerprint density at radius 3 is 2.95 bits per heavy atom. The standard InChI is InChI=1S/C17H19N3/c1-3-18-12-14-8-7-13(2)11-15(14)16-5-4-6-17-19-9-10-20(16)17/h4-11,18H,3,12H2,1-2H3. The van der Waals surface area contributed by atoms with Gasteiger partial charge in [0.15, 0.2) is 0 Å². The molecule has 0 fully saturated rings. The lowest BCUT2D eigenvalue weighted by Gasteiger charge is -2.13. The maximum absolute atomic E-state index is 4.37. The van der Waals surface area contributed by atoms with Gasteiger partial charge >= 0.3 is 0 Å². The first-order valence-corrected chi connectivity index (χ1v) is 7.02. The molecule has 102 valence electrons. The third-order valence-corrected chi connectivity index (χ3v) is 3.54. The van der Waals surface area contributed by atoms with Crippen LogP contribution in [0.25, 0.3) is 16.9 Å². The lowest BCUT2D eigenvalue weighted by molar-refractivity contribution is 0.727. The summed E-state index contributed by atoms with van der Waals surface area (Å²) in [6, 6.07) is 12.9. The van der Waals surface area contributed by atoms with Crippen molar-refractivity contribution in [1.82, 2.24) is 14.7 Å². The Bertz CT molecular complexity index is 728. The van der Waals surface area contributed by atoms with Crippen molar-refractivity contribution in [3.63, 3.8) is 0 Å². The molecular weight excluding hydrogens is 246 g/mol. The van der Waals surface area contributed by atoms with Gasteiger partial charge < -0.3 is 5.32 Å². The van der Waals surface area contributed by atoms with E-state index in [0.717, 1.165) is 18.7 Å².